The predicted octanol–water partition coefficient (Wildman–Crippen LogP) is 2.65. The summed E-state index contributed by atoms with van der Waals surface area (Å²) < 4.78 is 1.96. The smallest absolute Gasteiger partial charge is 0.0909 e. The van der Waals surface area contributed by atoms with E-state index in [1.165, 1.54) is 0 Å². The minimum atomic E-state index is -0.935. The van der Waals surface area contributed by atoms with Crippen LogP contribution < -0.4 is 0 Å². The van der Waals surface area contributed by atoms with Crippen molar-refractivity contribution in [3.8, 4) is 0 Å². The van der Waals surface area contributed by atoms with Crippen LogP contribution in [0.3, 0.4) is 0 Å². The number of aliphatic hydroxyl groups excluding tert-OH is 1. The van der Waals surface area contributed by atoms with E-state index in [4.69, 9.17) is 0 Å². The molecule has 2 N–H and O–H groups in total. The van der Waals surface area contributed by atoms with Gasteiger partial charge in [-0.25, -0.2) is 0 Å². The maximum atomic E-state index is 10.7. The Morgan fingerprint density at radius 2 is 1.95 bits per heavy atom. The molecule has 1 aliphatic carbocycles. The summed E-state index contributed by atoms with van der Waals surface area (Å²) in [5.41, 5.74) is 1.05. The Labute approximate surface area is 125 Å². The number of fused-ring (bicyclic) bond motifs is 1. The lowest BCUT2D eigenvalue weighted by atomic mass is 9.79. The van der Waals surface area contributed by atoms with Gasteiger partial charge in [-0.05, 0) is 25.8 Å². The monoisotopic (exact) mass is 288 g/mol. The van der Waals surface area contributed by atoms with E-state index in [0.717, 1.165) is 42.4 Å². The van der Waals surface area contributed by atoms with Gasteiger partial charge in [0.05, 0.1) is 22.9 Å². The average molecular weight is 288 g/mol. The first-order valence-corrected chi connectivity index (χ1v) is 7.99. The third kappa shape index (κ3) is 2.70. The third-order valence-electron chi connectivity index (χ3n) is 4.76. The second kappa shape index (κ2) is 5.78. The molecule has 1 aromatic heterocycles. The van der Waals surface area contributed by atoms with E-state index < -0.39 is 11.7 Å². The first kappa shape index (κ1) is 14.5. The number of hydrogen-bond donors (Lipinski definition) is 2. The maximum absolute atomic E-state index is 10.7. The molecular formula is C17H24N2O2. The summed E-state index contributed by atoms with van der Waals surface area (Å²) >= 11 is 0. The van der Waals surface area contributed by atoms with Gasteiger partial charge >= 0.3 is 0 Å². The SMILES string of the molecule is CCn1nc(CC(O)C2(O)CCCCC2)c2ccccc21. The van der Waals surface area contributed by atoms with E-state index in [-0.39, 0.29) is 0 Å². The first-order valence-electron chi connectivity index (χ1n) is 7.99. The Kier molecular flexibility index (Phi) is 4.00. The number of aromatic nitrogens is 2. The van der Waals surface area contributed by atoms with Crippen LogP contribution in [-0.2, 0) is 13.0 Å². The quantitative estimate of drug-likeness (QED) is 0.909. The molecule has 1 heterocycles. The summed E-state index contributed by atoms with van der Waals surface area (Å²) in [7, 11) is 0. The Bertz CT molecular complexity index is 614. The summed E-state index contributed by atoms with van der Waals surface area (Å²) in [6.07, 6.45) is 4.23. The molecule has 1 aromatic carbocycles. The zero-order valence-electron chi connectivity index (χ0n) is 12.6. The highest BCUT2D eigenvalue weighted by atomic mass is 16.3. The first-order chi connectivity index (χ1) is 10.1. The summed E-state index contributed by atoms with van der Waals surface area (Å²) in [6, 6.07) is 8.10. The number of nitrogens with zero attached hydrogens (tertiary/aromatic N) is 2. The molecule has 0 spiro atoms. The van der Waals surface area contributed by atoms with Crippen LogP contribution in [0.15, 0.2) is 24.3 Å². The van der Waals surface area contributed by atoms with Crippen LogP contribution in [0.1, 0.15) is 44.7 Å². The molecule has 1 unspecified atom stereocenters. The standard InChI is InChI=1S/C17H24N2O2/c1-2-19-15-9-5-4-8-13(15)14(18-19)12-16(20)17(21)10-6-3-7-11-17/h4-5,8-9,16,20-21H,2-3,6-7,10-12H2,1H3. The predicted molar refractivity (Wildman–Crippen MR) is 83.2 cm³/mol. The molecule has 0 amide bonds. The number of para-hydroxylation sites is 1. The lowest BCUT2D eigenvalue weighted by Crippen LogP contribution is -2.45. The molecule has 114 valence electrons. The van der Waals surface area contributed by atoms with E-state index in [1.54, 1.807) is 0 Å². The Balaban J connectivity index is 1.87. The third-order valence-corrected chi connectivity index (χ3v) is 4.76. The van der Waals surface area contributed by atoms with Gasteiger partial charge < -0.3 is 10.2 Å². The minimum absolute atomic E-state index is 0.421. The molecule has 21 heavy (non-hydrogen) atoms. The number of aliphatic hydroxyl groups is 2. The van der Waals surface area contributed by atoms with Gasteiger partial charge in [0, 0.05) is 18.4 Å². The molecule has 1 saturated carbocycles. The van der Waals surface area contributed by atoms with E-state index in [0.29, 0.717) is 19.3 Å². The fourth-order valence-electron chi connectivity index (χ4n) is 3.46. The van der Waals surface area contributed by atoms with Crippen LogP contribution in [0.4, 0.5) is 0 Å². The molecular weight excluding hydrogens is 264 g/mol. The van der Waals surface area contributed by atoms with Gasteiger partial charge in [-0.3, -0.25) is 4.68 Å². The van der Waals surface area contributed by atoms with Gasteiger partial charge in [-0.1, -0.05) is 37.5 Å². The van der Waals surface area contributed by atoms with Crippen molar-refractivity contribution in [1.29, 1.82) is 0 Å². The number of benzene rings is 1. The maximum Gasteiger partial charge on any atom is 0.0909 e. The largest absolute Gasteiger partial charge is 0.390 e. The number of aryl methyl sites for hydroxylation is 1. The lowest BCUT2D eigenvalue weighted by molar-refractivity contribution is -0.0963. The summed E-state index contributed by atoms with van der Waals surface area (Å²) in [6.45, 7) is 2.87. The van der Waals surface area contributed by atoms with Gasteiger partial charge in [-0.15, -0.1) is 0 Å². The molecule has 2 aromatic rings. The van der Waals surface area contributed by atoms with Crippen molar-refractivity contribution in [2.75, 3.05) is 0 Å². The Morgan fingerprint density at radius 3 is 2.67 bits per heavy atom. The Hall–Kier alpha value is -1.39. The summed E-state index contributed by atoms with van der Waals surface area (Å²) in [5, 5.41) is 26.9. The highest BCUT2D eigenvalue weighted by molar-refractivity contribution is 5.82. The molecule has 1 aliphatic rings. The fourth-order valence-corrected chi connectivity index (χ4v) is 3.46. The second-order valence-electron chi connectivity index (χ2n) is 6.16. The molecule has 0 aliphatic heterocycles. The molecule has 0 radical (unpaired) electrons. The van der Waals surface area contributed by atoms with Gasteiger partial charge in [-0.2, -0.15) is 5.10 Å². The van der Waals surface area contributed by atoms with Crippen molar-refractivity contribution in [2.24, 2.45) is 0 Å². The van der Waals surface area contributed by atoms with Crippen molar-refractivity contribution < 1.29 is 10.2 Å². The van der Waals surface area contributed by atoms with Crippen LogP contribution in [0.5, 0.6) is 0 Å². The molecule has 1 fully saturated rings. The van der Waals surface area contributed by atoms with E-state index in [2.05, 4.69) is 18.1 Å². The zero-order chi connectivity index (χ0) is 14.9. The van der Waals surface area contributed by atoms with Gasteiger partial charge in [0.25, 0.3) is 0 Å². The molecule has 0 saturated heterocycles. The summed E-state index contributed by atoms with van der Waals surface area (Å²) in [4.78, 5) is 0. The van der Waals surface area contributed by atoms with Gasteiger partial charge in [0.1, 0.15) is 0 Å². The van der Waals surface area contributed by atoms with Crippen LogP contribution >= 0.6 is 0 Å². The van der Waals surface area contributed by atoms with Crippen LogP contribution in [0, 0.1) is 0 Å². The highest BCUT2D eigenvalue weighted by Gasteiger charge is 2.37. The zero-order valence-corrected chi connectivity index (χ0v) is 12.6. The topological polar surface area (TPSA) is 58.3 Å². The van der Waals surface area contributed by atoms with Crippen molar-refractivity contribution in [3.05, 3.63) is 30.0 Å². The van der Waals surface area contributed by atoms with E-state index in [9.17, 15) is 10.2 Å². The van der Waals surface area contributed by atoms with Crippen molar-refractivity contribution in [1.82, 2.24) is 9.78 Å². The normalized spacial score (nSPS) is 19.8. The lowest BCUT2D eigenvalue weighted by Gasteiger charge is -2.36. The second-order valence-corrected chi connectivity index (χ2v) is 6.16. The van der Waals surface area contributed by atoms with Crippen molar-refractivity contribution >= 4 is 10.9 Å². The van der Waals surface area contributed by atoms with Crippen LogP contribution in [-0.4, -0.2) is 31.7 Å². The van der Waals surface area contributed by atoms with E-state index in [1.807, 2.05) is 22.9 Å². The average Bonchev–Trinajstić information content (AvgIpc) is 2.86. The van der Waals surface area contributed by atoms with E-state index >= 15 is 0 Å². The summed E-state index contributed by atoms with van der Waals surface area (Å²) in [5.74, 6) is 0. The van der Waals surface area contributed by atoms with Gasteiger partial charge in [0.2, 0.25) is 0 Å². The highest BCUT2D eigenvalue weighted by Crippen LogP contribution is 2.33. The van der Waals surface area contributed by atoms with Crippen molar-refractivity contribution in [2.45, 2.75) is 63.7 Å². The fraction of sp³-hybridized carbons (Fsp3) is 0.588. The molecule has 4 heteroatoms. The van der Waals surface area contributed by atoms with Gasteiger partial charge in [0.15, 0.2) is 0 Å². The minimum Gasteiger partial charge on any atom is -0.390 e. The van der Waals surface area contributed by atoms with Crippen LogP contribution in [0.2, 0.25) is 0 Å². The molecule has 0 bridgehead atoms. The molecule has 3 rings (SSSR count). The van der Waals surface area contributed by atoms with Crippen LogP contribution in [0.25, 0.3) is 10.9 Å². The molecule has 1 atom stereocenters. The molecule has 4 nitrogen and oxygen atoms in total. The number of rotatable bonds is 4. The number of hydrogen-bond acceptors (Lipinski definition) is 3. The van der Waals surface area contributed by atoms with Crippen molar-refractivity contribution in [3.63, 3.8) is 0 Å². The Morgan fingerprint density at radius 1 is 1.24 bits per heavy atom.